The monoisotopic (exact) mass is 513 g/mol. The first kappa shape index (κ1) is 24.6. The SMILES string of the molecule is C[C@]1(N2CCC(c3cc4cc(NC(=O)[C@H]5C[C@H]5C5CCOCC5)ncc4cc3Cl)CC2)COC[C@H]1O. The van der Waals surface area contributed by atoms with E-state index in [1.807, 2.05) is 12.1 Å². The number of ether oxygens (including phenoxy) is 2. The van der Waals surface area contributed by atoms with Gasteiger partial charge in [-0.2, -0.15) is 0 Å². The zero-order chi connectivity index (χ0) is 24.9. The molecule has 1 aromatic carbocycles. The molecule has 6 rings (SSSR count). The molecule has 2 aromatic rings. The van der Waals surface area contributed by atoms with E-state index in [2.05, 4.69) is 28.2 Å². The van der Waals surface area contributed by atoms with Crippen molar-refractivity contribution in [2.75, 3.05) is 44.8 Å². The third kappa shape index (κ3) is 4.65. The predicted octanol–water partition coefficient (Wildman–Crippen LogP) is 4.22. The van der Waals surface area contributed by atoms with Gasteiger partial charge < -0.3 is 19.9 Å². The van der Waals surface area contributed by atoms with Crippen molar-refractivity contribution in [3.05, 3.63) is 35.0 Å². The second-order valence-corrected chi connectivity index (χ2v) is 11.8. The Labute approximate surface area is 217 Å². The summed E-state index contributed by atoms with van der Waals surface area (Å²) < 4.78 is 11.0. The maximum Gasteiger partial charge on any atom is 0.228 e. The molecule has 7 nitrogen and oxygen atoms in total. The Morgan fingerprint density at radius 2 is 1.92 bits per heavy atom. The van der Waals surface area contributed by atoms with Crippen molar-refractivity contribution in [2.24, 2.45) is 17.8 Å². The summed E-state index contributed by atoms with van der Waals surface area (Å²) in [5, 5.41) is 16.3. The van der Waals surface area contributed by atoms with Crippen molar-refractivity contribution in [3.63, 3.8) is 0 Å². The van der Waals surface area contributed by atoms with E-state index in [0.717, 1.165) is 79.8 Å². The number of aliphatic hydroxyl groups is 1. The summed E-state index contributed by atoms with van der Waals surface area (Å²) in [5.41, 5.74) is 0.852. The molecule has 4 atom stereocenters. The van der Waals surface area contributed by atoms with E-state index in [4.69, 9.17) is 21.1 Å². The van der Waals surface area contributed by atoms with Crippen molar-refractivity contribution in [1.82, 2.24) is 9.88 Å². The molecule has 1 aromatic heterocycles. The van der Waals surface area contributed by atoms with Crippen LogP contribution in [0.1, 0.15) is 50.5 Å². The van der Waals surface area contributed by atoms with Crippen LogP contribution in [0, 0.1) is 17.8 Å². The number of nitrogens with one attached hydrogen (secondary N) is 1. The largest absolute Gasteiger partial charge is 0.389 e. The van der Waals surface area contributed by atoms with E-state index >= 15 is 0 Å². The maximum absolute atomic E-state index is 12.9. The predicted molar refractivity (Wildman–Crippen MR) is 139 cm³/mol. The van der Waals surface area contributed by atoms with Gasteiger partial charge in [-0.3, -0.25) is 9.69 Å². The molecular formula is C28H36ClN3O4. The van der Waals surface area contributed by atoms with E-state index in [0.29, 0.717) is 36.8 Å². The summed E-state index contributed by atoms with van der Waals surface area (Å²) in [6.45, 7) is 6.55. The second-order valence-electron chi connectivity index (χ2n) is 11.4. The van der Waals surface area contributed by atoms with Crippen molar-refractivity contribution in [2.45, 2.75) is 56.6 Å². The molecule has 0 unspecified atom stereocenters. The lowest BCUT2D eigenvalue weighted by molar-refractivity contribution is -0.117. The average Bonchev–Trinajstić information content (AvgIpc) is 3.63. The van der Waals surface area contributed by atoms with E-state index < -0.39 is 6.10 Å². The van der Waals surface area contributed by atoms with Crippen LogP contribution in [0.2, 0.25) is 5.02 Å². The van der Waals surface area contributed by atoms with Crippen LogP contribution in [0.4, 0.5) is 5.82 Å². The van der Waals surface area contributed by atoms with Crippen molar-refractivity contribution < 1.29 is 19.4 Å². The number of hydrogen-bond acceptors (Lipinski definition) is 6. The fraction of sp³-hybridized carbons (Fsp3) is 0.643. The molecule has 0 spiro atoms. The number of aliphatic hydroxyl groups excluding tert-OH is 1. The molecule has 4 aliphatic rings. The van der Waals surface area contributed by atoms with E-state index in [-0.39, 0.29) is 17.4 Å². The van der Waals surface area contributed by atoms with E-state index in [9.17, 15) is 9.90 Å². The Balaban J connectivity index is 1.13. The molecular weight excluding hydrogens is 478 g/mol. The zero-order valence-corrected chi connectivity index (χ0v) is 21.7. The number of hydrogen-bond donors (Lipinski definition) is 2. The molecule has 1 amide bonds. The summed E-state index contributed by atoms with van der Waals surface area (Å²) >= 11 is 6.73. The van der Waals surface area contributed by atoms with Crippen LogP contribution >= 0.6 is 11.6 Å². The third-order valence-corrected chi connectivity index (χ3v) is 9.51. The van der Waals surface area contributed by atoms with Crippen LogP contribution in [-0.2, 0) is 14.3 Å². The van der Waals surface area contributed by atoms with Gasteiger partial charge in [-0.05, 0) is 99.0 Å². The molecule has 194 valence electrons. The Bertz CT molecular complexity index is 1130. The van der Waals surface area contributed by atoms with Crippen LogP contribution in [0.3, 0.4) is 0 Å². The summed E-state index contributed by atoms with van der Waals surface area (Å²) in [6.07, 6.45) is 6.44. The number of carbonyl (C=O) groups is 1. The minimum atomic E-state index is -0.443. The van der Waals surface area contributed by atoms with Crippen molar-refractivity contribution in [3.8, 4) is 0 Å². The van der Waals surface area contributed by atoms with Gasteiger partial charge in [0.25, 0.3) is 0 Å². The van der Waals surface area contributed by atoms with Gasteiger partial charge in [0.2, 0.25) is 5.91 Å². The molecule has 36 heavy (non-hydrogen) atoms. The highest BCUT2D eigenvalue weighted by Crippen LogP contribution is 2.48. The van der Waals surface area contributed by atoms with Crippen LogP contribution in [-0.4, -0.2) is 72.1 Å². The normalized spacial score (nSPS) is 32.1. The molecule has 0 radical (unpaired) electrons. The fourth-order valence-corrected chi connectivity index (χ4v) is 6.95. The molecule has 1 saturated carbocycles. The smallest absolute Gasteiger partial charge is 0.228 e. The molecule has 3 saturated heterocycles. The van der Waals surface area contributed by atoms with Crippen LogP contribution in [0.5, 0.6) is 0 Å². The van der Waals surface area contributed by atoms with Crippen molar-refractivity contribution >= 4 is 34.1 Å². The molecule has 8 heteroatoms. The lowest BCUT2D eigenvalue weighted by Gasteiger charge is -2.43. The first-order chi connectivity index (χ1) is 17.4. The van der Waals surface area contributed by atoms with Crippen molar-refractivity contribution in [1.29, 1.82) is 0 Å². The highest BCUT2D eigenvalue weighted by molar-refractivity contribution is 6.32. The second kappa shape index (κ2) is 9.84. The third-order valence-electron chi connectivity index (χ3n) is 9.18. The van der Waals surface area contributed by atoms with E-state index in [1.54, 1.807) is 6.20 Å². The highest BCUT2D eigenvalue weighted by Gasteiger charge is 2.48. The summed E-state index contributed by atoms with van der Waals surface area (Å²) in [4.78, 5) is 19.8. The van der Waals surface area contributed by atoms with Gasteiger partial charge in [0.05, 0.1) is 24.9 Å². The number of carbonyl (C=O) groups excluding carboxylic acids is 1. The number of halogens is 1. The van der Waals surface area contributed by atoms with Gasteiger partial charge in [-0.25, -0.2) is 4.98 Å². The lowest BCUT2D eigenvalue weighted by atomic mass is 9.85. The minimum Gasteiger partial charge on any atom is -0.389 e. The van der Waals surface area contributed by atoms with E-state index in [1.165, 1.54) is 0 Å². The fourth-order valence-electron chi connectivity index (χ4n) is 6.62. The molecule has 4 heterocycles. The standard InChI is InChI=1S/C28H36ClN3O4/c1-28(16-36-15-25(28)33)32-6-2-17(3-7-32)22-10-19-12-26(30-14-20(19)11-24(22)29)31-27(34)23-13-21(23)18-4-8-35-9-5-18/h10-12,14,17-18,21,23,25,33H,2-9,13,15-16H2,1H3,(H,30,31,34)/t21-,23-,25+,28-/m0/s1. The number of aromatic nitrogens is 1. The number of piperidine rings is 1. The topological polar surface area (TPSA) is 83.9 Å². The van der Waals surface area contributed by atoms with Gasteiger partial charge in [-0.15, -0.1) is 0 Å². The maximum atomic E-state index is 12.9. The average molecular weight is 514 g/mol. The summed E-state index contributed by atoms with van der Waals surface area (Å²) in [5.74, 6) is 2.26. The number of anilines is 1. The van der Waals surface area contributed by atoms with Gasteiger partial charge in [-0.1, -0.05) is 11.6 Å². The number of benzene rings is 1. The first-order valence-corrected chi connectivity index (χ1v) is 13.8. The number of pyridine rings is 1. The Hall–Kier alpha value is -1.77. The number of nitrogens with zero attached hydrogens (tertiary/aromatic N) is 2. The summed E-state index contributed by atoms with van der Waals surface area (Å²) in [6, 6.07) is 6.14. The van der Waals surface area contributed by atoms with Gasteiger partial charge in [0, 0.05) is 35.7 Å². The van der Waals surface area contributed by atoms with Gasteiger partial charge in [0.15, 0.2) is 0 Å². The molecule has 4 fully saturated rings. The Kier molecular flexibility index (Phi) is 6.71. The first-order valence-electron chi connectivity index (χ1n) is 13.4. The minimum absolute atomic E-state index is 0.0893. The lowest BCUT2D eigenvalue weighted by Crippen LogP contribution is -2.56. The molecule has 3 aliphatic heterocycles. The molecule has 1 aliphatic carbocycles. The van der Waals surface area contributed by atoms with Crippen LogP contribution < -0.4 is 5.32 Å². The summed E-state index contributed by atoms with van der Waals surface area (Å²) in [7, 11) is 0. The number of likely N-dealkylation sites (tertiary alicyclic amines) is 1. The number of amides is 1. The van der Waals surface area contributed by atoms with Crippen LogP contribution in [0.25, 0.3) is 10.8 Å². The molecule has 2 N–H and O–H groups in total. The Morgan fingerprint density at radius 3 is 2.64 bits per heavy atom. The van der Waals surface area contributed by atoms with Gasteiger partial charge in [0.1, 0.15) is 5.82 Å². The Morgan fingerprint density at radius 1 is 1.14 bits per heavy atom. The zero-order valence-electron chi connectivity index (χ0n) is 20.9. The number of rotatable bonds is 5. The number of fused-ring (bicyclic) bond motifs is 1. The van der Waals surface area contributed by atoms with Crippen LogP contribution in [0.15, 0.2) is 24.4 Å². The van der Waals surface area contributed by atoms with Gasteiger partial charge >= 0.3 is 0 Å². The molecule has 0 bridgehead atoms. The highest BCUT2D eigenvalue weighted by atomic mass is 35.5. The quantitative estimate of drug-likeness (QED) is 0.623.